The molecule has 6 nitrogen and oxygen atoms in total. The van der Waals surface area contributed by atoms with Gasteiger partial charge in [-0.15, -0.1) is 0 Å². The van der Waals surface area contributed by atoms with E-state index >= 15 is 0 Å². The first-order chi connectivity index (χ1) is 18.7. The Balaban J connectivity index is 1.46. The number of nitrogens with one attached hydrogen (secondary N) is 2. The summed E-state index contributed by atoms with van der Waals surface area (Å²) in [5.74, 6) is -0.0434. The van der Waals surface area contributed by atoms with Gasteiger partial charge >= 0.3 is 0 Å². The number of halogens is 1. The fraction of sp³-hybridized carbons (Fsp3) is 0.258. The highest BCUT2D eigenvalue weighted by Crippen LogP contribution is 2.41. The highest BCUT2D eigenvalue weighted by atomic mass is 35.5. The Hall–Kier alpha value is -3.68. The molecule has 0 saturated carbocycles. The first-order valence-corrected chi connectivity index (χ1v) is 13.8. The van der Waals surface area contributed by atoms with Crippen LogP contribution in [0.1, 0.15) is 52.3 Å². The van der Waals surface area contributed by atoms with Crippen LogP contribution < -0.4 is 10.6 Å². The number of carbonyl (C=O) groups is 1. The third-order valence-electron chi connectivity index (χ3n) is 7.32. The molecule has 1 fully saturated rings. The minimum Gasteiger partial charge on any atom is -0.352 e. The number of anilines is 1. The van der Waals surface area contributed by atoms with Crippen LogP contribution in [0.2, 0.25) is 5.02 Å². The van der Waals surface area contributed by atoms with Gasteiger partial charge in [-0.1, -0.05) is 29.8 Å². The fourth-order valence-corrected chi connectivity index (χ4v) is 5.82. The predicted octanol–water partition coefficient (Wildman–Crippen LogP) is 6.76. The number of carbonyl (C=O) groups excluding carboxylic acids is 1. The van der Waals surface area contributed by atoms with E-state index in [-0.39, 0.29) is 18.0 Å². The quantitative estimate of drug-likeness (QED) is 0.246. The predicted molar refractivity (Wildman–Crippen MR) is 162 cm³/mol. The summed E-state index contributed by atoms with van der Waals surface area (Å²) in [4.78, 5) is 19.8. The second-order valence-electron chi connectivity index (χ2n) is 10.1. The zero-order valence-corrected chi connectivity index (χ0v) is 24.1. The van der Waals surface area contributed by atoms with Crippen molar-refractivity contribution >= 4 is 40.5 Å². The van der Waals surface area contributed by atoms with Crippen molar-refractivity contribution in [2.24, 2.45) is 0 Å². The summed E-state index contributed by atoms with van der Waals surface area (Å²) in [7, 11) is 0. The SMILES string of the molecule is Cc1ccc(C)c(NC(=O)CCN2C(=S)NC(c3ccccn3)C2c2cc(C)n(-c3ccc(Cl)cc3)c2C)c1. The molecule has 1 aliphatic rings. The van der Waals surface area contributed by atoms with Gasteiger partial charge in [-0.3, -0.25) is 9.78 Å². The lowest BCUT2D eigenvalue weighted by Crippen LogP contribution is -2.33. The third kappa shape index (κ3) is 5.56. The lowest BCUT2D eigenvalue weighted by molar-refractivity contribution is -0.116. The van der Waals surface area contributed by atoms with Crippen LogP contribution >= 0.6 is 23.8 Å². The van der Waals surface area contributed by atoms with Gasteiger partial charge in [0.25, 0.3) is 0 Å². The Morgan fingerprint density at radius 2 is 1.82 bits per heavy atom. The second kappa shape index (κ2) is 11.2. The lowest BCUT2D eigenvalue weighted by Gasteiger charge is -2.28. The molecule has 0 radical (unpaired) electrons. The highest BCUT2D eigenvalue weighted by molar-refractivity contribution is 7.80. The normalized spacial score (nSPS) is 16.8. The molecule has 200 valence electrons. The number of aryl methyl sites for hydroxylation is 3. The van der Waals surface area contributed by atoms with Gasteiger partial charge in [0.15, 0.2) is 5.11 Å². The number of benzene rings is 2. The molecule has 2 N–H and O–H groups in total. The molecule has 39 heavy (non-hydrogen) atoms. The monoisotopic (exact) mass is 557 g/mol. The maximum Gasteiger partial charge on any atom is 0.226 e. The fourth-order valence-electron chi connectivity index (χ4n) is 5.36. The first kappa shape index (κ1) is 26.9. The molecular formula is C31H32ClN5OS. The number of rotatable bonds is 7. The average Bonchev–Trinajstić information content (AvgIpc) is 3.40. The Morgan fingerprint density at radius 1 is 1.05 bits per heavy atom. The summed E-state index contributed by atoms with van der Waals surface area (Å²) in [6.45, 7) is 8.72. The van der Waals surface area contributed by atoms with E-state index in [2.05, 4.69) is 45.0 Å². The van der Waals surface area contributed by atoms with Gasteiger partial charge in [0, 0.05) is 46.9 Å². The maximum atomic E-state index is 13.0. The molecular weight excluding hydrogens is 526 g/mol. The zero-order valence-electron chi connectivity index (χ0n) is 22.5. The van der Waals surface area contributed by atoms with Crippen molar-refractivity contribution in [3.8, 4) is 5.69 Å². The van der Waals surface area contributed by atoms with Crippen molar-refractivity contribution in [1.82, 2.24) is 19.8 Å². The first-order valence-electron chi connectivity index (χ1n) is 13.0. The number of aromatic nitrogens is 2. The lowest BCUT2D eigenvalue weighted by atomic mass is 9.96. The molecule has 3 heterocycles. The van der Waals surface area contributed by atoms with E-state index in [9.17, 15) is 4.79 Å². The van der Waals surface area contributed by atoms with E-state index in [0.29, 0.717) is 23.1 Å². The Morgan fingerprint density at radius 3 is 2.54 bits per heavy atom. The van der Waals surface area contributed by atoms with Gasteiger partial charge in [-0.25, -0.2) is 0 Å². The van der Waals surface area contributed by atoms with Crippen molar-refractivity contribution in [3.05, 3.63) is 112 Å². The van der Waals surface area contributed by atoms with Crippen LogP contribution in [-0.2, 0) is 4.79 Å². The summed E-state index contributed by atoms with van der Waals surface area (Å²) in [5, 5.41) is 7.90. The second-order valence-corrected chi connectivity index (χ2v) is 10.9. The van der Waals surface area contributed by atoms with Crippen molar-refractivity contribution in [1.29, 1.82) is 0 Å². The van der Waals surface area contributed by atoms with Gasteiger partial charge in [-0.2, -0.15) is 0 Å². The van der Waals surface area contributed by atoms with Gasteiger partial charge in [0.2, 0.25) is 5.91 Å². The molecule has 2 atom stereocenters. The largest absolute Gasteiger partial charge is 0.352 e. The minimum absolute atomic E-state index is 0.0434. The molecule has 0 spiro atoms. The maximum absolute atomic E-state index is 13.0. The molecule has 2 aromatic carbocycles. The molecule has 1 saturated heterocycles. The van der Waals surface area contributed by atoms with E-state index < -0.39 is 0 Å². The number of amides is 1. The van der Waals surface area contributed by atoms with E-state index in [0.717, 1.165) is 45.1 Å². The highest BCUT2D eigenvalue weighted by Gasteiger charge is 2.41. The Labute approximate surface area is 240 Å². The molecule has 0 bridgehead atoms. The summed E-state index contributed by atoms with van der Waals surface area (Å²) < 4.78 is 2.23. The van der Waals surface area contributed by atoms with Crippen molar-refractivity contribution in [2.75, 3.05) is 11.9 Å². The standard InChI is InChI=1S/C31H32ClN5OS/c1-19-8-9-20(2)27(17-19)34-28(38)14-16-36-30(29(35-31(36)39)26-7-5-6-15-33-26)25-18-21(3)37(22(25)4)24-12-10-23(32)11-13-24/h5-13,15,17-18,29-30H,14,16H2,1-4H3,(H,34,38)(H,35,39). The van der Waals surface area contributed by atoms with Crippen LogP contribution in [-0.4, -0.2) is 32.0 Å². The summed E-state index contributed by atoms with van der Waals surface area (Å²) in [6, 6.07) is 21.8. The van der Waals surface area contributed by atoms with Crippen LogP contribution in [0.3, 0.4) is 0 Å². The number of thiocarbonyl (C=S) groups is 1. The van der Waals surface area contributed by atoms with Gasteiger partial charge < -0.3 is 20.1 Å². The molecule has 0 aliphatic carbocycles. The van der Waals surface area contributed by atoms with Crippen molar-refractivity contribution in [3.63, 3.8) is 0 Å². The number of nitrogens with zero attached hydrogens (tertiary/aromatic N) is 3. The number of hydrogen-bond acceptors (Lipinski definition) is 3. The van der Waals surface area contributed by atoms with E-state index in [4.69, 9.17) is 23.8 Å². The molecule has 1 aliphatic heterocycles. The van der Waals surface area contributed by atoms with Gasteiger partial charge in [0.1, 0.15) is 0 Å². The van der Waals surface area contributed by atoms with Crippen LogP contribution in [0, 0.1) is 27.7 Å². The van der Waals surface area contributed by atoms with Crippen LogP contribution in [0.4, 0.5) is 5.69 Å². The average molecular weight is 558 g/mol. The van der Waals surface area contributed by atoms with E-state index in [1.165, 1.54) is 0 Å². The Bertz CT molecular complexity index is 1520. The molecule has 4 aromatic rings. The van der Waals surface area contributed by atoms with Crippen LogP contribution in [0.15, 0.2) is 72.9 Å². The molecule has 5 rings (SSSR count). The van der Waals surface area contributed by atoms with Gasteiger partial charge in [0.05, 0.1) is 17.8 Å². The number of pyridine rings is 1. The summed E-state index contributed by atoms with van der Waals surface area (Å²) in [6.07, 6.45) is 2.10. The number of hydrogen-bond donors (Lipinski definition) is 2. The third-order valence-corrected chi connectivity index (χ3v) is 7.92. The van der Waals surface area contributed by atoms with Gasteiger partial charge in [-0.05, 0) is 105 Å². The van der Waals surface area contributed by atoms with E-state index in [1.807, 2.05) is 74.5 Å². The van der Waals surface area contributed by atoms with Crippen LogP contribution in [0.25, 0.3) is 5.69 Å². The van der Waals surface area contributed by atoms with E-state index in [1.54, 1.807) is 6.20 Å². The summed E-state index contributed by atoms with van der Waals surface area (Å²) >= 11 is 12.0. The molecule has 2 unspecified atom stereocenters. The molecule has 8 heteroatoms. The smallest absolute Gasteiger partial charge is 0.226 e. The zero-order chi connectivity index (χ0) is 27.7. The minimum atomic E-state index is -0.153. The molecule has 2 aromatic heterocycles. The Kier molecular flexibility index (Phi) is 7.73. The van der Waals surface area contributed by atoms with Crippen LogP contribution in [0.5, 0.6) is 0 Å². The van der Waals surface area contributed by atoms with Crippen molar-refractivity contribution < 1.29 is 4.79 Å². The topological polar surface area (TPSA) is 62.2 Å². The summed E-state index contributed by atoms with van der Waals surface area (Å²) in [5.41, 5.74) is 8.29. The van der Waals surface area contributed by atoms with Crippen molar-refractivity contribution in [2.45, 2.75) is 46.2 Å². The molecule has 1 amide bonds.